The Hall–Kier alpha value is -6.18. The molecule has 0 bridgehead atoms. The molecular formula is C57H57Cl3FN5O6. The molecule has 0 aliphatic carbocycles. The van der Waals surface area contributed by atoms with Gasteiger partial charge in [-0.05, 0) is 109 Å². The first-order valence-corrected chi connectivity index (χ1v) is 25.3. The molecule has 5 aromatic carbocycles. The normalized spacial score (nSPS) is 15.4. The van der Waals surface area contributed by atoms with Crippen LogP contribution in [0.4, 0.5) is 10.1 Å². The number of fused-ring (bicyclic) bond motifs is 3. The number of benzene rings is 5. The summed E-state index contributed by atoms with van der Waals surface area (Å²) in [4.78, 5) is 59.0. The number of Topliss-reactive ketones (excluding diaryl/α,β-unsaturated/α-hetero) is 2. The minimum absolute atomic E-state index is 0.0149. The number of aliphatic imine (C=N–C) groups is 1. The van der Waals surface area contributed by atoms with Crippen LogP contribution in [0.15, 0.2) is 114 Å². The van der Waals surface area contributed by atoms with Crippen molar-refractivity contribution in [3.05, 3.63) is 169 Å². The minimum atomic E-state index is -0.467. The Bertz CT molecular complexity index is 2950. The average molecular weight is 1030 g/mol. The lowest BCUT2D eigenvalue weighted by molar-refractivity contribution is -0.136. The molecule has 0 radical (unpaired) electrons. The SMILES string of the molecule is COc1cc(Cc2ncc3c(n2)-c2ccc(Cl)cc2C(c2c(F)cccc2OC)=NC3)ccc1C(=O)CCCOCCCC(=O)CC(=O)N1C[C@H](CC(C)C)N(c2ccc(Cl)cc2)[C@H](c2ccc(Cl)cc2)C1. The summed E-state index contributed by atoms with van der Waals surface area (Å²) in [7, 11) is 3.02. The van der Waals surface area contributed by atoms with Crippen LogP contribution in [0.1, 0.15) is 102 Å². The van der Waals surface area contributed by atoms with Crippen molar-refractivity contribution in [3.8, 4) is 22.8 Å². The van der Waals surface area contributed by atoms with Crippen molar-refractivity contribution in [2.75, 3.05) is 45.4 Å². The van der Waals surface area contributed by atoms with E-state index in [0.717, 1.165) is 34.4 Å². The predicted molar refractivity (Wildman–Crippen MR) is 282 cm³/mol. The highest BCUT2D eigenvalue weighted by atomic mass is 35.5. The number of amides is 1. The summed E-state index contributed by atoms with van der Waals surface area (Å²) >= 11 is 19.0. The van der Waals surface area contributed by atoms with Crippen molar-refractivity contribution in [1.82, 2.24) is 14.9 Å². The third kappa shape index (κ3) is 12.5. The van der Waals surface area contributed by atoms with Crippen LogP contribution in [0.5, 0.6) is 11.5 Å². The predicted octanol–water partition coefficient (Wildman–Crippen LogP) is 12.4. The number of methoxy groups -OCH3 is 2. The van der Waals surface area contributed by atoms with Gasteiger partial charge in [-0.3, -0.25) is 19.4 Å². The summed E-state index contributed by atoms with van der Waals surface area (Å²) in [6.07, 6.45) is 4.18. The first-order valence-electron chi connectivity index (χ1n) is 24.2. The molecule has 15 heteroatoms. The summed E-state index contributed by atoms with van der Waals surface area (Å²) in [6, 6.07) is 30.9. The van der Waals surface area contributed by atoms with E-state index in [1.54, 1.807) is 36.5 Å². The maximum Gasteiger partial charge on any atom is 0.230 e. The third-order valence-electron chi connectivity index (χ3n) is 13.0. The molecule has 1 fully saturated rings. The van der Waals surface area contributed by atoms with Crippen LogP contribution in [0, 0.1) is 11.7 Å². The molecule has 2 aliphatic rings. The number of ketones is 2. The molecule has 72 heavy (non-hydrogen) atoms. The number of aromatic nitrogens is 2. The van der Waals surface area contributed by atoms with Crippen LogP contribution >= 0.6 is 34.8 Å². The molecule has 1 amide bonds. The Morgan fingerprint density at radius 2 is 1.50 bits per heavy atom. The van der Waals surface area contributed by atoms with Gasteiger partial charge in [0.25, 0.3) is 0 Å². The monoisotopic (exact) mass is 1030 g/mol. The zero-order valence-corrected chi connectivity index (χ0v) is 43.1. The lowest BCUT2D eigenvalue weighted by Crippen LogP contribution is -2.57. The van der Waals surface area contributed by atoms with E-state index >= 15 is 4.39 Å². The van der Waals surface area contributed by atoms with Gasteiger partial charge < -0.3 is 24.0 Å². The Labute approximate surface area is 435 Å². The number of nitrogens with zero attached hydrogens (tertiary/aromatic N) is 5. The fourth-order valence-corrected chi connectivity index (χ4v) is 10.0. The molecule has 0 spiro atoms. The number of halogens is 4. The molecule has 2 aliphatic heterocycles. The molecule has 374 valence electrons. The number of carbonyl (C=O) groups excluding carboxylic acids is 3. The topological polar surface area (TPSA) is 124 Å². The van der Waals surface area contributed by atoms with Gasteiger partial charge in [0.15, 0.2) is 5.78 Å². The van der Waals surface area contributed by atoms with Gasteiger partial charge in [-0.25, -0.2) is 14.4 Å². The van der Waals surface area contributed by atoms with Gasteiger partial charge in [0, 0.05) is 95.3 Å². The molecule has 8 rings (SSSR count). The van der Waals surface area contributed by atoms with E-state index in [4.69, 9.17) is 59.0 Å². The highest BCUT2D eigenvalue weighted by Gasteiger charge is 2.38. The van der Waals surface area contributed by atoms with Gasteiger partial charge in [0.1, 0.15) is 28.9 Å². The lowest BCUT2D eigenvalue weighted by Gasteiger charge is -2.49. The highest BCUT2D eigenvalue weighted by Crippen LogP contribution is 2.39. The van der Waals surface area contributed by atoms with Crippen molar-refractivity contribution in [3.63, 3.8) is 0 Å². The van der Waals surface area contributed by atoms with Crippen molar-refractivity contribution in [2.45, 2.75) is 77.4 Å². The van der Waals surface area contributed by atoms with Crippen LogP contribution in [0.2, 0.25) is 15.1 Å². The van der Waals surface area contributed by atoms with Gasteiger partial charge >= 0.3 is 0 Å². The molecule has 6 aromatic rings. The second-order valence-corrected chi connectivity index (χ2v) is 19.8. The van der Waals surface area contributed by atoms with Crippen LogP contribution in [-0.2, 0) is 27.3 Å². The first-order chi connectivity index (χ1) is 34.8. The van der Waals surface area contributed by atoms with Gasteiger partial charge in [0.2, 0.25) is 5.91 Å². The molecule has 0 unspecified atom stereocenters. The Balaban J connectivity index is 0.818. The Morgan fingerprint density at radius 1 is 0.792 bits per heavy atom. The number of hydrogen-bond acceptors (Lipinski definition) is 10. The van der Waals surface area contributed by atoms with Gasteiger partial charge in [-0.1, -0.05) is 79.0 Å². The molecule has 11 nitrogen and oxygen atoms in total. The largest absolute Gasteiger partial charge is 0.496 e. The van der Waals surface area contributed by atoms with Crippen LogP contribution in [-0.4, -0.2) is 84.6 Å². The van der Waals surface area contributed by atoms with Crippen molar-refractivity contribution in [2.24, 2.45) is 10.9 Å². The second-order valence-electron chi connectivity index (χ2n) is 18.5. The van der Waals surface area contributed by atoms with E-state index in [1.165, 1.54) is 20.3 Å². The second kappa shape index (κ2) is 24.0. The van der Waals surface area contributed by atoms with Crippen LogP contribution in [0.25, 0.3) is 11.3 Å². The molecule has 3 heterocycles. The van der Waals surface area contributed by atoms with Gasteiger partial charge in [-0.2, -0.15) is 0 Å². The van der Waals surface area contributed by atoms with Crippen molar-refractivity contribution < 1.29 is 33.0 Å². The van der Waals surface area contributed by atoms with Crippen molar-refractivity contribution in [1.29, 1.82) is 0 Å². The number of carbonyl (C=O) groups is 3. The summed E-state index contributed by atoms with van der Waals surface area (Å²) < 4.78 is 32.4. The summed E-state index contributed by atoms with van der Waals surface area (Å²) in [5.41, 5.74) is 6.80. The zero-order valence-electron chi connectivity index (χ0n) is 40.8. The van der Waals surface area contributed by atoms with E-state index < -0.39 is 5.82 Å². The van der Waals surface area contributed by atoms with Crippen LogP contribution < -0.4 is 14.4 Å². The van der Waals surface area contributed by atoms with E-state index in [2.05, 4.69) is 23.7 Å². The number of rotatable bonds is 20. The number of ether oxygens (including phenoxy) is 3. The lowest BCUT2D eigenvalue weighted by atomic mass is 9.92. The molecule has 1 saturated heterocycles. The molecule has 0 N–H and O–H groups in total. The fraction of sp³-hybridized carbons (Fsp3) is 0.333. The van der Waals surface area contributed by atoms with E-state index in [-0.39, 0.29) is 60.9 Å². The summed E-state index contributed by atoms with van der Waals surface area (Å²) in [5, 5.41) is 1.76. The van der Waals surface area contributed by atoms with E-state index in [9.17, 15) is 14.4 Å². The molecule has 0 saturated carbocycles. The molecule has 2 atom stereocenters. The number of anilines is 1. The third-order valence-corrected chi connectivity index (χ3v) is 13.7. The fourth-order valence-electron chi connectivity index (χ4n) is 9.59. The van der Waals surface area contributed by atoms with E-state index in [0.29, 0.717) is 106 Å². The minimum Gasteiger partial charge on any atom is -0.496 e. The number of hydrogen-bond donors (Lipinski definition) is 0. The highest BCUT2D eigenvalue weighted by molar-refractivity contribution is 6.32. The number of piperazine rings is 1. The Morgan fingerprint density at radius 3 is 2.22 bits per heavy atom. The smallest absolute Gasteiger partial charge is 0.230 e. The summed E-state index contributed by atoms with van der Waals surface area (Å²) in [5.74, 6) is 0.841. The quantitative estimate of drug-likeness (QED) is 0.0418. The van der Waals surface area contributed by atoms with Gasteiger partial charge in [-0.15, -0.1) is 0 Å². The maximum atomic E-state index is 15.4. The maximum absolute atomic E-state index is 15.4. The molecule has 1 aromatic heterocycles. The van der Waals surface area contributed by atoms with Crippen molar-refractivity contribution >= 4 is 63.7 Å². The average Bonchev–Trinajstić information content (AvgIpc) is 3.52. The standard InChI is InChI=1S/C57H57Cl3FN5O6/c1-35(2)26-43-33-65(34-49(37-13-15-39(58)16-14-37)66(43)42-20-17-40(59)18-21-42)54(69)30-44(67)8-6-24-72-25-7-10-50(68)46-22-12-36(27-52(46)71-4)28-53-62-31-38-32-63-57(55-48(61)9-5-11-51(55)70-3)47-29-41(60)19-23-45(47)56(38)64-53/h5,9,11-23,27,29,31,35,43,49H,6-8,10,24-26,28,30,32-34H2,1-4H3/t43-,49-/m0/s1. The van der Waals surface area contributed by atoms with E-state index in [1.807, 2.05) is 71.6 Å². The first kappa shape index (κ1) is 52.2. The summed E-state index contributed by atoms with van der Waals surface area (Å²) in [6.45, 7) is 6.16. The van der Waals surface area contributed by atoms with Crippen LogP contribution in [0.3, 0.4) is 0 Å². The Kier molecular flexibility index (Phi) is 17.4. The molecular weight excluding hydrogens is 976 g/mol. The zero-order chi connectivity index (χ0) is 50.9. The van der Waals surface area contributed by atoms with Gasteiger partial charge in [0.05, 0.1) is 55.8 Å².